The van der Waals surface area contributed by atoms with Crippen LogP contribution in [0.1, 0.15) is 42.1 Å². The molecule has 1 aromatic rings. The van der Waals surface area contributed by atoms with Crippen LogP contribution in [0.5, 0.6) is 0 Å². The van der Waals surface area contributed by atoms with Crippen LogP contribution < -0.4 is 0 Å². The molecule has 0 atom stereocenters. The number of nitro groups is 2. The molecule has 0 amide bonds. The van der Waals surface area contributed by atoms with Crippen molar-refractivity contribution in [3.63, 3.8) is 0 Å². The van der Waals surface area contributed by atoms with Crippen molar-refractivity contribution in [1.29, 1.82) is 0 Å². The molecule has 0 saturated carbocycles. The average Bonchev–Trinajstić information content (AvgIpc) is 2.37. The minimum Gasteiger partial charge on any atom is -0.478 e. The molecule has 0 bridgehead atoms. The number of halogens is 1. The lowest BCUT2D eigenvalue weighted by atomic mass is 9.98. The Kier molecular flexibility index (Phi) is 5.60. The van der Waals surface area contributed by atoms with Crippen LogP contribution in [-0.4, -0.2) is 20.9 Å². The molecule has 0 saturated heterocycles. The fourth-order valence-electron chi connectivity index (χ4n) is 1.99. The van der Waals surface area contributed by atoms with Crippen molar-refractivity contribution in [2.24, 2.45) is 0 Å². The lowest BCUT2D eigenvalue weighted by molar-refractivity contribution is -0.394. The lowest BCUT2D eigenvalue weighted by Gasteiger charge is -2.08. The Morgan fingerprint density at radius 2 is 1.90 bits per heavy atom. The fraction of sp³-hybridized carbons (Fsp3) is 0.417. The second kappa shape index (κ2) is 6.98. The third kappa shape index (κ3) is 3.66. The van der Waals surface area contributed by atoms with Gasteiger partial charge in [0.2, 0.25) is 0 Å². The van der Waals surface area contributed by atoms with Gasteiger partial charge >= 0.3 is 5.97 Å². The topological polar surface area (TPSA) is 124 Å². The number of carboxylic acid groups (broad SMARTS) is 1. The molecule has 0 unspecified atom stereocenters. The summed E-state index contributed by atoms with van der Waals surface area (Å²) in [5.41, 5.74) is -2.00. The largest absolute Gasteiger partial charge is 0.478 e. The van der Waals surface area contributed by atoms with Gasteiger partial charge in [-0.2, -0.15) is 0 Å². The van der Waals surface area contributed by atoms with E-state index in [2.05, 4.69) is 0 Å². The van der Waals surface area contributed by atoms with Crippen molar-refractivity contribution in [2.45, 2.75) is 32.6 Å². The van der Waals surface area contributed by atoms with E-state index < -0.39 is 37.8 Å². The van der Waals surface area contributed by atoms with Crippen LogP contribution in [-0.2, 0) is 6.42 Å². The van der Waals surface area contributed by atoms with Gasteiger partial charge in [0.15, 0.2) is 5.02 Å². The highest BCUT2D eigenvalue weighted by atomic mass is 35.5. The van der Waals surface area contributed by atoms with Crippen LogP contribution >= 0.6 is 11.6 Å². The molecule has 0 heterocycles. The van der Waals surface area contributed by atoms with E-state index in [4.69, 9.17) is 16.7 Å². The summed E-state index contributed by atoms with van der Waals surface area (Å²) in [7, 11) is 0. The Bertz CT molecular complexity index is 602. The molecule has 0 aliphatic carbocycles. The summed E-state index contributed by atoms with van der Waals surface area (Å²) in [6.07, 6.45) is 2.26. The standard InChI is InChI=1S/C12H13ClN2O6/c1-2-3-4-5-7-8(12(16)17)6-9(14(18)19)10(13)11(7)15(20)21/h6H,2-5H2,1H3,(H,16,17). The smallest absolute Gasteiger partial charge is 0.336 e. The Morgan fingerprint density at radius 1 is 1.29 bits per heavy atom. The molecule has 9 heteroatoms. The van der Waals surface area contributed by atoms with Crippen molar-refractivity contribution in [3.8, 4) is 0 Å². The molecule has 1 N–H and O–H groups in total. The van der Waals surface area contributed by atoms with E-state index in [0.29, 0.717) is 6.42 Å². The van der Waals surface area contributed by atoms with Crippen LogP contribution in [0, 0.1) is 20.2 Å². The first-order chi connectivity index (χ1) is 9.81. The predicted octanol–water partition coefficient (Wildman–Crippen LogP) is 3.59. The number of carboxylic acids is 1. The third-order valence-electron chi connectivity index (χ3n) is 2.96. The summed E-state index contributed by atoms with van der Waals surface area (Å²) in [6.45, 7) is 1.93. The van der Waals surface area contributed by atoms with E-state index in [1.807, 2.05) is 6.92 Å². The Hall–Kier alpha value is -2.22. The minimum atomic E-state index is -1.45. The van der Waals surface area contributed by atoms with Gasteiger partial charge in [0, 0.05) is 11.6 Å². The summed E-state index contributed by atoms with van der Waals surface area (Å²) >= 11 is 5.72. The van der Waals surface area contributed by atoms with Gasteiger partial charge in [-0.3, -0.25) is 20.2 Å². The summed E-state index contributed by atoms with van der Waals surface area (Å²) in [5.74, 6) is -1.45. The number of aromatic carboxylic acids is 1. The molecule has 0 aliphatic rings. The molecule has 0 aliphatic heterocycles. The second-order valence-corrected chi connectivity index (χ2v) is 4.74. The number of rotatable bonds is 7. The van der Waals surface area contributed by atoms with E-state index in [9.17, 15) is 25.0 Å². The quantitative estimate of drug-likeness (QED) is 0.465. The highest BCUT2D eigenvalue weighted by molar-refractivity contribution is 6.35. The van der Waals surface area contributed by atoms with Gasteiger partial charge < -0.3 is 5.11 Å². The van der Waals surface area contributed by atoms with Crippen molar-refractivity contribution >= 4 is 28.9 Å². The lowest BCUT2D eigenvalue weighted by Crippen LogP contribution is -2.09. The molecule has 0 spiro atoms. The molecule has 1 rings (SSSR count). The molecule has 8 nitrogen and oxygen atoms in total. The number of benzene rings is 1. The van der Waals surface area contributed by atoms with Crippen LogP contribution in [0.15, 0.2) is 6.07 Å². The number of carbonyl (C=O) groups is 1. The van der Waals surface area contributed by atoms with E-state index in [-0.39, 0.29) is 12.0 Å². The number of nitro benzene ring substituents is 2. The average molecular weight is 317 g/mol. The Labute approximate surface area is 124 Å². The van der Waals surface area contributed by atoms with Gasteiger partial charge in [-0.1, -0.05) is 31.4 Å². The zero-order valence-electron chi connectivity index (χ0n) is 11.2. The van der Waals surface area contributed by atoms with Crippen molar-refractivity contribution in [2.75, 3.05) is 0 Å². The van der Waals surface area contributed by atoms with Gasteiger partial charge in [0.25, 0.3) is 11.4 Å². The Morgan fingerprint density at radius 3 is 2.33 bits per heavy atom. The molecular weight excluding hydrogens is 304 g/mol. The van der Waals surface area contributed by atoms with Gasteiger partial charge in [0.1, 0.15) is 0 Å². The highest BCUT2D eigenvalue weighted by Crippen LogP contribution is 2.39. The van der Waals surface area contributed by atoms with Gasteiger partial charge in [0.05, 0.1) is 15.4 Å². The van der Waals surface area contributed by atoms with Crippen molar-refractivity contribution in [1.82, 2.24) is 0 Å². The van der Waals surface area contributed by atoms with Crippen LogP contribution in [0.4, 0.5) is 11.4 Å². The monoisotopic (exact) mass is 316 g/mol. The first-order valence-corrected chi connectivity index (χ1v) is 6.56. The predicted molar refractivity (Wildman–Crippen MR) is 74.9 cm³/mol. The number of hydrogen-bond donors (Lipinski definition) is 1. The second-order valence-electron chi connectivity index (χ2n) is 4.36. The van der Waals surface area contributed by atoms with Gasteiger partial charge in [-0.25, -0.2) is 4.79 Å². The number of unbranched alkanes of at least 4 members (excludes halogenated alkanes) is 2. The van der Waals surface area contributed by atoms with E-state index >= 15 is 0 Å². The summed E-state index contributed by atoms with van der Waals surface area (Å²) in [4.78, 5) is 31.4. The molecule has 21 heavy (non-hydrogen) atoms. The third-order valence-corrected chi connectivity index (χ3v) is 3.34. The van der Waals surface area contributed by atoms with Crippen molar-refractivity contribution < 1.29 is 19.7 Å². The highest BCUT2D eigenvalue weighted by Gasteiger charge is 2.32. The molecule has 1 aromatic carbocycles. The number of nitrogens with zero attached hydrogens (tertiary/aromatic N) is 2. The Balaban J connectivity index is 3.56. The first-order valence-electron chi connectivity index (χ1n) is 6.18. The molecule has 114 valence electrons. The normalized spacial score (nSPS) is 10.4. The van der Waals surface area contributed by atoms with E-state index in [1.165, 1.54) is 0 Å². The molecule has 0 aromatic heterocycles. The van der Waals surface area contributed by atoms with E-state index in [0.717, 1.165) is 18.9 Å². The van der Waals surface area contributed by atoms with Crippen LogP contribution in [0.25, 0.3) is 0 Å². The van der Waals surface area contributed by atoms with E-state index in [1.54, 1.807) is 0 Å². The maximum absolute atomic E-state index is 11.2. The van der Waals surface area contributed by atoms with Gasteiger partial charge in [-0.15, -0.1) is 0 Å². The SMILES string of the molecule is CCCCCc1c(C(=O)O)cc([N+](=O)[O-])c(Cl)c1[N+](=O)[O-]. The van der Waals surface area contributed by atoms with Crippen LogP contribution in [0.3, 0.4) is 0 Å². The van der Waals surface area contributed by atoms with Crippen molar-refractivity contribution in [3.05, 3.63) is 42.4 Å². The fourth-order valence-corrected chi connectivity index (χ4v) is 2.29. The zero-order valence-corrected chi connectivity index (χ0v) is 11.9. The molecular formula is C12H13ClN2O6. The zero-order chi connectivity index (χ0) is 16.2. The molecule has 0 fully saturated rings. The first kappa shape index (κ1) is 16.8. The maximum Gasteiger partial charge on any atom is 0.336 e. The summed E-state index contributed by atoms with van der Waals surface area (Å²) < 4.78 is 0. The maximum atomic E-state index is 11.2. The minimum absolute atomic E-state index is 0.0726. The number of hydrogen-bond acceptors (Lipinski definition) is 5. The summed E-state index contributed by atoms with van der Waals surface area (Å²) in [6, 6.07) is 0.777. The summed E-state index contributed by atoms with van der Waals surface area (Å²) in [5, 5.41) is 30.5. The van der Waals surface area contributed by atoms with Gasteiger partial charge in [-0.05, 0) is 12.8 Å². The van der Waals surface area contributed by atoms with Crippen LogP contribution in [0.2, 0.25) is 5.02 Å². The molecule has 0 radical (unpaired) electrons.